The molecule has 3 aromatic carbocycles. The van der Waals surface area contributed by atoms with Gasteiger partial charge >= 0.3 is 6.03 Å². The van der Waals surface area contributed by atoms with Crippen LogP contribution in [-0.2, 0) is 6.42 Å². The van der Waals surface area contributed by atoms with E-state index in [1.807, 2.05) is 48.5 Å². The molecule has 3 amide bonds. The summed E-state index contributed by atoms with van der Waals surface area (Å²) in [5, 5.41) is 13.5. The summed E-state index contributed by atoms with van der Waals surface area (Å²) >= 11 is 6.24. The first-order valence-corrected chi connectivity index (χ1v) is 11.4. The van der Waals surface area contributed by atoms with E-state index in [9.17, 15) is 14.7 Å². The van der Waals surface area contributed by atoms with Crippen molar-refractivity contribution in [3.05, 3.63) is 65.4 Å². The summed E-state index contributed by atoms with van der Waals surface area (Å²) < 4.78 is 0. The van der Waals surface area contributed by atoms with Crippen molar-refractivity contribution in [3.63, 3.8) is 0 Å². The molecule has 6 rings (SSSR count). The number of rotatable bonds is 2. The zero-order valence-corrected chi connectivity index (χ0v) is 18.4. The minimum absolute atomic E-state index is 0.159. The van der Waals surface area contributed by atoms with E-state index in [0.717, 1.165) is 32.9 Å². The number of carbonyl (C=O) groups excluding carboxylic acids is 2. The van der Waals surface area contributed by atoms with Crippen LogP contribution in [0, 0.1) is 0 Å². The Hall–Kier alpha value is -3.71. The van der Waals surface area contributed by atoms with Gasteiger partial charge in [-0.25, -0.2) is 4.79 Å². The summed E-state index contributed by atoms with van der Waals surface area (Å²) in [6.45, 7) is 0.923. The number of aromatic amines is 1. The first-order chi connectivity index (χ1) is 16.0. The number of primary amides is 1. The molecular formula is C25H21ClN4O3. The summed E-state index contributed by atoms with van der Waals surface area (Å²) in [5.74, 6) is 0.137. The number of aromatic nitrogens is 1. The normalized spacial score (nSPS) is 17.1. The van der Waals surface area contributed by atoms with Crippen LogP contribution in [0.4, 0.5) is 16.2 Å². The molecular weight excluding hydrogens is 440 g/mol. The van der Waals surface area contributed by atoms with Gasteiger partial charge in [0.2, 0.25) is 0 Å². The average molecular weight is 461 g/mol. The van der Waals surface area contributed by atoms with Crippen molar-refractivity contribution in [3.8, 4) is 5.75 Å². The molecule has 0 fully saturated rings. The van der Waals surface area contributed by atoms with Crippen LogP contribution in [-0.4, -0.2) is 41.0 Å². The van der Waals surface area contributed by atoms with E-state index < -0.39 is 6.03 Å². The number of amides is 3. The summed E-state index contributed by atoms with van der Waals surface area (Å²) in [4.78, 5) is 31.9. The van der Waals surface area contributed by atoms with Crippen molar-refractivity contribution >= 4 is 56.6 Å². The molecule has 0 saturated heterocycles. The van der Waals surface area contributed by atoms with Gasteiger partial charge in [-0.15, -0.1) is 11.6 Å². The lowest BCUT2D eigenvalue weighted by Gasteiger charge is -2.17. The van der Waals surface area contributed by atoms with Crippen molar-refractivity contribution in [2.24, 2.45) is 5.73 Å². The summed E-state index contributed by atoms with van der Waals surface area (Å²) in [7, 11) is 0. The molecule has 0 saturated carbocycles. The molecule has 0 bridgehead atoms. The molecule has 2 aliphatic rings. The predicted molar refractivity (Wildman–Crippen MR) is 130 cm³/mol. The Kier molecular flexibility index (Phi) is 4.32. The number of alkyl halides is 1. The van der Waals surface area contributed by atoms with Crippen LogP contribution in [0.2, 0.25) is 0 Å². The highest BCUT2D eigenvalue weighted by molar-refractivity contribution is 6.19. The van der Waals surface area contributed by atoms with Crippen LogP contribution in [0.15, 0.2) is 48.5 Å². The Morgan fingerprint density at radius 3 is 2.70 bits per heavy atom. The van der Waals surface area contributed by atoms with Gasteiger partial charge in [0.05, 0.1) is 5.69 Å². The molecule has 166 valence electrons. The van der Waals surface area contributed by atoms with Gasteiger partial charge in [0.25, 0.3) is 5.91 Å². The second-order valence-corrected chi connectivity index (χ2v) is 8.90. The van der Waals surface area contributed by atoms with Crippen molar-refractivity contribution < 1.29 is 14.7 Å². The van der Waals surface area contributed by atoms with Crippen LogP contribution in [0.25, 0.3) is 21.7 Å². The lowest BCUT2D eigenvalue weighted by Crippen LogP contribution is -2.33. The van der Waals surface area contributed by atoms with Gasteiger partial charge in [-0.05, 0) is 41.6 Å². The van der Waals surface area contributed by atoms with Gasteiger partial charge in [0, 0.05) is 52.4 Å². The first-order valence-electron chi connectivity index (χ1n) is 10.8. The third kappa shape index (κ3) is 2.82. The number of nitrogens with one attached hydrogen (secondary N) is 1. The number of aromatic hydroxyl groups is 1. The summed E-state index contributed by atoms with van der Waals surface area (Å²) in [6, 6.07) is 14.6. The van der Waals surface area contributed by atoms with Crippen LogP contribution >= 0.6 is 11.6 Å². The van der Waals surface area contributed by atoms with Gasteiger partial charge in [-0.3, -0.25) is 9.69 Å². The third-order valence-electron chi connectivity index (χ3n) is 6.84. The number of nitrogens with zero attached hydrogens (tertiary/aromatic N) is 2. The number of carbonyl (C=O) groups is 2. The maximum atomic E-state index is 13.6. The van der Waals surface area contributed by atoms with E-state index in [2.05, 4.69) is 4.98 Å². The topological polar surface area (TPSA) is 103 Å². The number of H-pyrrole nitrogens is 1. The molecule has 8 heteroatoms. The van der Waals surface area contributed by atoms with Crippen molar-refractivity contribution in [1.82, 2.24) is 4.98 Å². The SMILES string of the molecule is NC(=O)N1CCc2c1ccc1[nH]c(C(=O)N3C[C@@H](CCl)c4c3cc3ccccc3c4O)cc21. The molecule has 1 atom stereocenters. The van der Waals surface area contributed by atoms with Gasteiger partial charge < -0.3 is 20.7 Å². The fraction of sp³-hybridized carbons (Fsp3) is 0.200. The van der Waals surface area contributed by atoms with Gasteiger partial charge in [-0.2, -0.15) is 0 Å². The van der Waals surface area contributed by atoms with Gasteiger partial charge in [-0.1, -0.05) is 24.3 Å². The molecule has 0 unspecified atom stereocenters. The van der Waals surface area contributed by atoms with E-state index in [0.29, 0.717) is 42.3 Å². The Labute approximate surface area is 194 Å². The molecule has 4 aromatic rings. The number of phenols is 1. The number of anilines is 2. The van der Waals surface area contributed by atoms with Gasteiger partial charge in [0.15, 0.2) is 0 Å². The molecule has 3 heterocycles. The number of fused-ring (bicyclic) bond motifs is 5. The fourth-order valence-corrected chi connectivity index (χ4v) is 5.54. The summed E-state index contributed by atoms with van der Waals surface area (Å²) in [5.41, 5.74) is 9.98. The second-order valence-electron chi connectivity index (χ2n) is 8.59. The zero-order chi connectivity index (χ0) is 22.9. The Morgan fingerprint density at radius 1 is 1.09 bits per heavy atom. The number of hydrogen-bond donors (Lipinski definition) is 3. The lowest BCUT2D eigenvalue weighted by molar-refractivity contribution is 0.0984. The van der Waals surface area contributed by atoms with Crippen LogP contribution in [0.5, 0.6) is 5.75 Å². The monoisotopic (exact) mass is 460 g/mol. The zero-order valence-electron chi connectivity index (χ0n) is 17.6. The van der Waals surface area contributed by atoms with E-state index in [1.165, 1.54) is 0 Å². The van der Waals surface area contributed by atoms with E-state index in [1.54, 1.807) is 9.80 Å². The Morgan fingerprint density at radius 2 is 1.91 bits per heavy atom. The predicted octanol–water partition coefficient (Wildman–Crippen LogP) is 4.45. The number of urea groups is 1. The first kappa shape index (κ1) is 19.9. The molecule has 2 aliphatic heterocycles. The highest BCUT2D eigenvalue weighted by Crippen LogP contribution is 2.47. The number of benzene rings is 3. The Bertz CT molecular complexity index is 1480. The van der Waals surface area contributed by atoms with E-state index in [-0.39, 0.29) is 17.6 Å². The molecule has 1 aromatic heterocycles. The lowest BCUT2D eigenvalue weighted by atomic mass is 9.97. The number of halogens is 1. The molecule has 7 nitrogen and oxygen atoms in total. The smallest absolute Gasteiger partial charge is 0.319 e. The average Bonchev–Trinajstić information content (AvgIpc) is 3.52. The minimum Gasteiger partial charge on any atom is -0.507 e. The largest absolute Gasteiger partial charge is 0.507 e. The molecule has 33 heavy (non-hydrogen) atoms. The molecule has 4 N–H and O–H groups in total. The molecule has 0 spiro atoms. The second kappa shape index (κ2) is 7.15. The molecule has 0 radical (unpaired) electrons. The van der Waals surface area contributed by atoms with Crippen molar-refractivity contribution in [1.29, 1.82) is 0 Å². The fourth-order valence-electron chi connectivity index (χ4n) is 5.29. The number of phenolic OH excluding ortho intramolecular Hbond substituents is 1. The van der Waals surface area contributed by atoms with Crippen molar-refractivity contribution in [2.45, 2.75) is 12.3 Å². The number of hydrogen-bond acceptors (Lipinski definition) is 3. The standard InChI is InChI=1S/C25H21ClN4O3/c26-11-14-12-30(21-9-13-3-1-2-4-15(13)23(31)22(14)21)24(32)19-10-17-16-7-8-29(25(27)33)20(16)6-5-18(17)28-19/h1-6,9-10,14,28,31H,7-8,11-12H2,(H2,27,33)/t14-/m1/s1. The minimum atomic E-state index is -0.479. The van der Waals surface area contributed by atoms with Crippen molar-refractivity contribution in [2.75, 3.05) is 28.8 Å². The Balaban J connectivity index is 1.44. The van der Waals surface area contributed by atoms with Crippen LogP contribution in [0.3, 0.4) is 0 Å². The highest BCUT2D eigenvalue weighted by atomic mass is 35.5. The van der Waals surface area contributed by atoms with Crippen LogP contribution in [0.1, 0.15) is 27.5 Å². The van der Waals surface area contributed by atoms with E-state index >= 15 is 0 Å². The van der Waals surface area contributed by atoms with Crippen LogP contribution < -0.4 is 15.5 Å². The summed E-state index contributed by atoms with van der Waals surface area (Å²) in [6.07, 6.45) is 0.682. The number of nitrogens with two attached hydrogens (primary N) is 1. The third-order valence-corrected chi connectivity index (χ3v) is 7.21. The maximum Gasteiger partial charge on any atom is 0.319 e. The van der Waals surface area contributed by atoms with Gasteiger partial charge in [0.1, 0.15) is 11.4 Å². The van der Waals surface area contributed by atoms with E-state index in [4.69, 9.17) is 17.3 Å². The maximum absolute atomic E-state index is 13.6. The quantitative estimate of drug-likeness (QED) is 0.385. The molecule has 0 aliphatic carbocycles. The highest BCUT2D eigenvalue weighted by Gasteiger charge is 2.36.